The molecule has 3 rings (SSSR count). The van der Waals surface area contributed by atoms with Crippen molar-refractivity contribution in [3.8, 4) is 0 Å². The van der Waals surface area contributed by atoms with E-state index < -0.39 is 0 Å². The molecule has 100 valence electrons. The Morgan fingerprint density at radius 2 is 2.22 bits per heavy atom. The molecule has 1 saturated heterocycles. The molecular weight excluding hydrogens is 228 g/mol. The molecule has 6 atom stereocenters. The zero-order valence-electron chi connectivity index (χ0n) is 11.2. The maximum absolute atomic E-state index is 11.6. The number of rotatable bonds is 0. The average Bonchev–Trinajstić information content (AvgIpc) is 2.67. The van der Waals surface area contributed by atoms with E-state index in [1.807, 2.05) is 0 Å². The van der Waals surface area contributed by atoms with Gasteiger partial charge < -0.3 is 9.84 Å². The number of fused-ring (bicyclic) bond motifs is 2. The Kier molecular flexibility index (Phi) is 2.60. The van der Waals surface area contributed by atoms with Crippen LogP contribution in [-0.2, 0) is 9.53 Å². The van der Waals surface area contributed by atoms with Crippen LogP contribution < -0.4 is 0 Å². The summed E-state index contributed by atoms with van der Waals surface area (Å²) in [5, 5.41) is 10.2. The van der Waals surface area contributed by atoms with E-state index in [0.717, 1.165) is 25.7 Å². The van der Waals surface area contributed by atoms with Crippen LogP contribution in [0.5, 0.6) is 0 Å². The molecule has 0 aromatic carbocycles. The number of aliphatic hydroxyl groups excluding tert-OH is 1. The van der Waals surface area contributed by atoms with Gasteiger partial charge in [0.05, 0.1) is 6.10 Å². The van der Waals surface area contributed by atoms with Gasteiger partial charge >= 0.3 is 5.97 Å². The van der Waals surface area contributed by atoms with Crippen molar-refractivity contribution in [1.29, 1.82) is 0 Å². The first kappa shape index (κ1) is 12.2. The summed E-state index contributed by atoms with van der Waals surface area (Å²) >= 11 is 0. The zero-order valence-corrected chi connectivity index (χ0v) is 11.2. The fraction of sp³-hybridized carbons (Fsp3) is 0.800. The van der Waals surface area contributed by atoms with E-state index in [1.54, 1.807) is 0 Å². The minimum atomic E-state index is -0.210. The third-order valence-electron chi connectivity index (χ3n) is 5.55. The molecule has 0 bridgehead atoms. The number of aliphatic hydroxyl groups is 1. The molecular formula is C15H22O3. The van der Waals surface area contributed by atoms with Gasteiger partial charge in [-0.2, -0.15) is 0 Å². The summed E-state index contributed by atoms with van der Waals surface area (Å²) in [7, 11) is 0. The summed E-state index contributed by atoms with van der Waals surface area (Å²) in [4.78, 5) is 11.6. The molecule has 0 spiro atoms. The topological polar surface area (TPSA) is 46.5 Å². The van der Waals surface area contributed by atoms with Crippen LogP contribution in [0.3, 0.4) is 0 Å². The Labute approximate surface area is 108 Å². The Morgan fingerprint density at radius 3 is 2.94 bits per heavy atom. The van der Waals surface area contributed by atoms with Crippen LogP contribution in [0.2, 0.25) is 0 Å². The van der Waals surface area contributed by atoms with Gasteiger partial charge in [-0.25, -0.2) is 4.79 Å². The molecule has 6 unspecified atom stereocenters. The van der Waals surface area contributed by atoms with Crippen molar-refractivity contribution >= 4 is 5.97 Å². The Balaban J connectivity index is 1.94. The Bertz CT molecular complexity index is 403. The van der Waals surface area contributed by atoms with E-state index in [1.165, 1.54) is 0 Å². The van der Waals surface area contributed by atoms with Crippen LogP contribution in [0, 0.1) is 23.2 Å². The quantitative estimate of drug-likeness (QED) is 0.530. The molecule has 0 radical (unpaired) electrons. The smallest absolute Gasteiger partial charge is 0.334 e. The molecule has 3 aliphatic rings. The number of carbonyl (C=O) groups excluding carboxylic acids is 1. The maximum atomic E-state index is 11.6. The zero-order chi connectivity index (χ0) is 13.1. The Morgan fingerprint density at radius 1 is 1.50 bits per heavy atom. The predicted octanol–water partition coefficient (Wildman–Crippen LogP) is 2.29. The lowest BCUT2D eigenvalue weighted by molar-refractivity contribution is -0.139. The number of esters is 1. The molecule has 1 aliphatic heterocycles. The molecule has 0 amide bonds. The van der Waals surface area contributed by atoms with E-state index in [0.29, 0.717) is 17.4 Å². The lowest BCUT2D eigenvalue weighted by Gasteiger charge is -2.35. The molecule has 3 heteroatoms. The first-order valence-corrected chi connectivity index (χ1v) is 7.00. The normalized spacial score (nSPS) is 51.6. The van der Waals surface area contributed by atoms with E-state index in [4.69, 9.17) is 4.74 Å². The van der Waals surface area contributed by atoms with Crippen molar-refractivity contribution in [3.05, 3.63) is 12.2 Å². The fourth-order valence-electron chi connectivity index (χ4n) is 4.75. The van der Waals surface area contributed by atoms with Crippen LogP contribution in [0.1, 0.15) is 39.5 Å². The highest BCUT2D eigenvalue weighted by Crippen LogP contribution is 2.56. The van der Waals surface area contributed by atoms with Crippen LogP contribution in [-0.4, -0.2) is 23.3 Å². The van der Waals surface area contributed by atoms with Crippen molar-refractivity contribution in [2.45, 2.75) is 51.7 Å². The van der Waals surface area contributed by atoms with Crippen LogP contribution in [0.4, 0.5) is 0 Å². The first-order valence-electron chi connectivity index (χ1n) is 7.00. The third-order valence-corrected chi connectivity index (χ3v) is 5.55. The first-order chi connectivity index (χ1) is 8.42. The minimum Gasteiger partial charge on any atom is -0.458 e. The van der Waals surface area contributed by atoms with Gasteiger partial charge in [0, 0.05) is 11.5 Å². The van der Waals surface area contributed by atoms with E-state index >= 15 is 0 Å². The number of hydrogen-bond donors (Lipinski definition) is 1. The second kappa shape index (κ2) is 3.83. The standard InChI is InChI=1S/C15H22O3/c1-8-6-12-10(9(2)14(17)18-12)7-15(3)5-4-11(16)13(8)15/h8,10-13,16H,2,4-7H2,1,3H3. The summed E-state index contributed by atoms with van der Waals surface area (Å²) < 4.78 is 5.45. The highest BCUT2D eigenvalue weighted by Gasteiger charge is 2.54. The summed E-state index contributed by atoms with van der Waals surface area (Å²) in [6, 6.07) is 0. The molecule has 0 aromatic rings. The second-order valence-electron chi connectivity index (χ2n) is 6.78. The van der Waals surface area contributed by atoms with Gasteiger partial charge in [0.15, 0.2) is 0 Å². The minimum absolute atomic E-state index is 0.00498. The molecule has 0 aromatic heterocycles. The average molecular weight is 250 g/mol. The van der Waals surface area contributed by atoms with Crippen molar-refractivity contribution in [2.75, 3.05) is 0 Å². The molecule has 2 aliphatic carbocycles. The molecule has 1 N–H and O–H groups in total. The highest BCUT2D eigenvalue weighted by atomic mass is 16.6. The van der Waals surface area contributed by atoms with Crippen LogP contribution in [0.25, 0.3) is 0 Å². The van der Waals surface area contributed by atoms with Gasteiger partial charge in [-0.3, -0.25) is 0 Å². The lowest BCUT2D eigenvalue weighted by atomic mass is 9.70. The maximum Gasteiger partial charge on any atom is 0.334 e. The van der Waals surface area contributed by atoms with Gasteiger partial charge in [-0.1, -0.05) is 20.4 Å². The van der Waals surface area contributed by atoms with Crippen LogP contribution >= 0.6 is 0 Å². The Hall–Kier alpha value is -0.830. The monoisotopic (exact) mass is 250 g/mol. The number of hydrogen-bond acceptors (Lipinski definition) is 3. The predicted molar refractivity (Wildman–Crippen MR) is 67.7 cm³/mol. The van der Waals surface area contributed by atoms with Crippen molar-refractivity contribution in [1.82, 2.24) is 0 Å². The lowest BCUT2D eigenvalue weighted by Crippen LogP contribution is -2.32. The number of ether oxygens (including phenoxy) is 1. The van der Waals surface area contributed by atoms with Crippen molar-refractivity contribution in [3.63, 3.8) is 0 Å². The summed E-state index contributed by atoms with van der Waals surface area (Å²) in [5.74, 6) is 0.703. The van der Waals surface area contributed by atoms with Gasteiger partial charge in [0.2, 0.25) is 0 Å². The number of carbonyl (C=O) groups is 1. The van der Waals surface area contributed by atoms with Crippen molar-refractivity contribution < 1.29 is 14.6 Å². The summed E-state index contributed by atoms with van der Waals surface area (Å²) in [6.07, 6.45) is 3.56. The SMILES string of the molecule is C=C1C(=O)OC2CC(C)C3C(O)CCC3(C)CC12. The van der Waals surface area contributed by atoms with E-state index in [-0.39, 0.29) is 29.5 Å². The summed E-state index contributed by atoms with van der Waals surface area (Å²) in [5.41, 5.74) is 0.783. The second-order valence-corrected chi connectivity index (χ2v) is 6.78. The molecule has 1 heterocycles. The van der Waals surface area contributed by atoms with Gasteiger partial charge in [0.1, 0.15) is 6.10 Å². The summed E-state index contributed by atoms with van der Waals surface area (Å²) in [6.45, 7) is 8.37. The largest absolute Gasteiger partial charge is 0.458 e. The highest BCUT2D eigenvalue weighted by molar-refractivity contribution is 5.90. The van der Waals surface area contributed by atoms with Gasteiger partial charge in [-0.15, -0.1) is 0 Å². The van der Waals surface area contributed by atoms with Gasteiger partial charge in [0.25, 0.3) is 0 Å². The van der Waals surface area contributed by atoms with E-state index in [2.05, 4.69) is 20.4 Å². The van der Waals surface area contributed by atoms with Crippen molar-refractivity contribution in [2.24, 2.45) is 23.2 Å². The van der Waals surface area contributed by atoms with Gasteiger partial charge in [-0.05, 0) is 42.9 Å². The fourth-order valence-corrected chi connectivity index (χ4v) is 4.75. The molecule has 3 fully saturated rings. The molecule has 18 heavy (non-hydrogen) atoms. The van der Waals surface area contributed by atoms with E-state index in [9.17, 15) is 9.90 Å². The third kappa shape index (κ3) is 1.56. The molecule has 2 saturated carbocycles. The molecule has 3 nitrogen and oxygen atoms in total. The van der Waals surface area contributed by atoms with Crippen LogP contribution in [0.15, 0.2) is 12.2 Å².